The van der Waals surface area contributed by atoms with Gasteiger partial charge in [-0.15, -0.1) is 0 Å². The van der Waals surface area contributed by atoms with Crippen LogP contribution in [-0.2, 0) is 9.59 Å². The van der Waals surface area contributed by atoms with Gasteiger partial charge in [0.15, 0.2) is 5.96 Å². The Morgan fingerprint density at radius 2 is 2.15 bits per heavy atom. The van der Waals surface area contributed by atoms with Crippen molar-refractivity contribution in [3.63, 3.8) is 0 Å². The number of piperidine rings is 1. The quantitative estimate of drug-likeness (QED) is 0.501. The Morgan fingerprint density at radius 3 is 2.77 bits per heavy atom. The highest BCUT2D eigenvalue weighted by Gasteiger charge is 2.27. The predicted octanol–water partition coefficient (Wildman–Crippen LogP) is 1.33. The third-order valence-corrected chi connectivity index (χ3v) is 5.39. The van der Waals surface area contributed by atoms with E-state index in [1.54, 1.807) is 0 Å². The number of nitrogens with two attached hydrogens (primary N) is 1. The van der Waals surface area contributed by atoms with Crippen molar-refractivity contribution >= 4 is 17.8 Å². The second-order valence-corrected chi connectivity index (χ2v) is 7.40. The number of carbonyl (C=O) groups is 2. The van der Waals surface area contributed by atoms with Crippen LogP contribution in [0.3, 0.4) is 0 Å². The molecular weight excluding hydrogens is 330 g/mol. The summed E-state index contributed by atoms with van der Waals surface area (Å²) in [5, 5.41) is 3.38. The molecule has 148 valence electrons. The minimum atomic E-state index is -0.222. The lowest BCUT2D eigenvalue weighted by atomic mass is 9.95. The first-order valence-corrected chi connectivity index (χ1v) is 10.2. The fourth-order valence-corrected chi connectivity index (χ4v) is 4.09. The lowest BCUT2D eigenvalue weighted by Gasteiger charge is -2.35. The van der Waals surface area contributed by atoms with Gasteiger partial charge in [0.25, 0.3) is 0 Å². The zero-order valence-electron chi connectivity index (χ0n) is 16.4. The zero-order valence-corrected chi connectivity index (χ0v) is 16.4. The third kappa shape index (κ3) is 5.88. The van der Waals surface area contributed by atoms with Gasteiger partial charge in [0, 0.05) is 51.6 Å². The number of guanidine groups is 1. The van der Waals surface area contributed by atoms with Gasteiger partial charge < -0.3 is 20.9 Å². The van der Waals surface area contributed by atoms with E-state index in [1.807, 2.05) is 4.90 Å². The molecule has 0 aliphatic carbocycles. The van der Waals surface area contributed by atoms with Crippen molar-refractivity contribution in [3.05, 3.63) is 0 Å². The van der Waals surface area contributed by atoms with E-state index in [0.29, 0.717) is 31.3 Å². The highest BCUT2D eigenvalue weighted by molar-refractivity contribution is 5.80. The maximum absolute atomic E-state index is 12.0. The van der Waals surface area contributed by atoms with Crippen molar-refractivity contribution in [1.29, 1.82) is 0 Å². The highest BCUT2D eigenvalue weighted by Crippen LogP contribution is 2.20. The Hall–Kier alpha value is -1.79. The Balaban J connectivity index is 1.92. The van der Waals surface area contributed by atoms with Gasteiger partial charge in [-0.05, 0) is 44.9 Å². The van der Waals surface area contributed by atoms with Crippen LogP contribution in [0.1, 0.15) is 58.8 Å². The second kappa shape index (κ2) is 10.4. The van der Waals surface area contributed by atoms with Gasteiger partial charge >= 0.3 is 0 Å². The third-order valence-electron chi connectivity index (χ3n) is 5.39. The van der Waals surface area contributed by atoms with Crippen molar-refractivity contribution in [2.45, 2.75) is 64.8 Å². The SMILES string of the molecule is CCNC(=NCCC(CC)N1CCCC1=O)N1CCCC(CC(N)=O)C1. The van der Waals surface area contributed by atoms with E-state index in [4.69, 9.17) is 10.7 Å². The van der Waals surface area contributed by atoms with Crippen LogP contribution in [0.4, 0.5) is 0 Å². The Morgan fingerprint density at radius 1 is 1.35 bits per heavy atom. The highest BCUT2D eigenvalue weighted by atomic mass is 16.2. The fourth-order valence-electron chi connectivity index (χ4n) is 4.09. The summed E-state index contributed by atoms with van der Waals surface area (Å²) in [5.41, 5.74) is 5.37. The molecule has 2 rings (SSSR count). The number of aliphatic imine (C=N–C) groups is 1. The molecule has 2 unspecified atom stereocenters. The van der Waals surface area contributed by atoms with Crippen molar-refractivity contribution in [2.24, 2.45) is 16.6 Å². The molecule has 7 nitrogen and oxygen atoms in total. The number of likely N-dealkylation sites (tertiary alicyclic amines) is 2. The molecule has 2 aliphatic heterocycles. The van der Waals surface area contributed by atoms with Gasteiger partial charge in [0.1, 0.15) is 0 Å². The summed E-state index contributed by atoms with van der Waals surface area (Å²) in [6.07, 6.45) is 6.10. The van der Waals surface area contributed by atoms with Gasteiger partial charge in [-0.25, -0.2) is 0 Å². The van der Waals surface area contributed by atoms with Crippen LogP contribution in [0.2, 0.25) is 0 Å². The lowest BCUT2D eigenvalue weighted by molar-refractivity contribution is -0.129. The standard InChI is InChI=1S/C19H35N5O2/c1-3-16(24-12-6-8-18(24)26)9-10-22-19(21-4-2)23-11-5-7-15(14-23)13-17(20)25/h15-16H,3-14H2,1-2H3,(H2,20,25)(H,21,22). The van der Waals surface area contributed by atoms with Crippen LogP contribution in [0.15, 0.2) is 4.99 Å². The summed E-state index contributed by atoms with van der Waals surface area (Å²) in [7, 11) is 0. The molecule has 7 heteroatoms. The predicted molar refractivity (Wildman–Crippen MR) is 104 cm³/mol. The van der Waals surface area contributed by atoms with Crippen LogP contribution in [-0.4, -0.2) is 66.3 Å². The minimum absolute atomic E-state index is 0.222. The van der Waals surface area contributed by atoms with Crippen LogP contribution < -0.4 is 11.1 Å². The van der Waals surface area contributed by atoms with Gasteiger partial charge in [0.2, 0.25) is 11.8 Å². The summed E-state index contributed by atoms with van der Waals surface area (Å²) in [4.78, 5) is 32.3. The van der Waals surface area contributed by atoms with Crippen LogP contribution in [0.25, 0.3) is 0 Å². The molecule has 26 heavy (non-hydrogen) atoms. The van der Waals surface area contributed by atoms with E-state index in [2.05, 4.69) is 24.1 Å². The first-order valence-electron chi connectivity index (χ1n) is 10.2. The normalized spacial score (nSPS) is 22.6. The van der Waals surface area contributed by atoms with Crippen LogP contribution in [0.5, 0.6) is 0 Å². The monoisotopic (exact) mass is 365 g/mol. The average molecular weight is 366 g/mol. The summed E-state index contributed by atoms with van der Waals surface area (Å²) < 4.78 is 0. The number of rotatable bonds is 8. The number of hydrogen-bond donors (Lipinski definition) is 2. The second-order valence-electron chi connectivity index (χ2n) is 7.40. The topological polar surface area (TPSA) is 91.0 Å². The van der Waals surface area contributed by atoms with Gasteiger partial charge in [-0.3, -0.25) is 14.6 Å². The first-order chi connectivity index (χ1) is 12.5. The van der Waals surface area contributed by atoms with E-state index in [-0.39, 0.29) is 11.8 Å². The fraction of sp³-hybridized carbons (Fsp3) is 0.842. The molecule has 2 saturated heterocycles. The number of nitrogens with zero attached hydrogens (tertiary/aromatic N) is 3. The maximum Gasteiger partial charge on any atom is 0.222 e. The van der Waals surface area contributed by atoms with E-state index >= 15 is 0 Å². The largest absolute Gasteiger partial charge is 0.370 e. The average Bonchev–Trinajstić information content (AvgIpc) is 3.03. The van der Waals surface area contributed by atoms with Crippen molar-refractivity contribution in [3.8, 4) is 0 Å². The van der Waals surface area contributed by atoms with Gasteiger partial charge in [0.05, 0.1) is 0 Å². The molecule has 0 bridgehead atoms. The Bertz CT molecular complexity index is 508. The van der Waals surface area contributed by atoms with E-state index in [1.165, 1.54) is 0 Å². The lowest BCUT2D eigenvalue weighted by Crippen LogP contribution is -2.47. The number of nitrogens with one attached hydrogen (secondary N) is 1. The van der Waals surface area contributed by atoms with Crippen molar-refractivity contribution < 1.29 is 9.59 Å². The first kappa shape index (κ1) is 20.5. The number of carbonyl (C=O) groups excluding carboxylic acids is 2. The summed E-state index contributed by atoms with van der Waals surface area (Å²) in [6, 6.07) is 0.292. The Labute approximate surface area is 157 Å². The molecule has 2 fully saturated rings. The molecule has 0 aromatic rings. The van der Waals surface area contributed by atoms with Crippen molar-refractivity contribution in [1.82, 2.24) is 15.1 Å². The number of primary amides is 1. The van der Waals surface area contributed by atoms with E-state index in [0.717, 1.165) is 64.2 Å². The summed E-state index contributed by atoms with van der Waals surface area (Å²) in [6.45, 7) is 8.42. The van der Waals surface area contributed by atoms with Crippen LogP contribution >= 0.6 is 0 Å². The maximum atomic E-state index is 12.0. The Kier molecular flexibility index (Phi) is 8.19. The van der Waals surface area contributed by atoms with Crippen LogP contribution in [0, 0.1) is 5.92 Å². The summed E-state index contributed by atoms with van der Waals surface area (Å²) in [5.74, 6) is 1.30. The van der Waals surface area contributed by atoms with Gasteiger partial charge in [-0.1, -0.05) is 6.92 Å². The molecule has 2 amide bonds. The van der Waals surface area contributed by atoms with Crippen molar-refractivity contribution in [2.75, 3.05) is 32.7 Å². The molecular formula is C19H35N5O2. The number of hydrogen-bond acceptors (Lipinski definition) is 3. The molecule has 2 atom stereocenters. The minimum Gasteiger partial charge on any atom is -0.370 e. The smallest absolute Gasteiger partial charge is 0.222 e. The number of amides is 2. The molecule has 0 radical (unpaired) electrons. The molecule has 0 aromatic heterocycles. The molecule has 0 spiro atoms. The van der Waals surface area contributed by atoms with E-state index < -0.39 is 0 Å². The molecule has 3 N–H and O–H groups in total. The zero-order chi connectivity index (χ0) is 18.9. The molecule has 2 heterocycles. The van der Waals surface area contributed by atoms with E-state index in [9.17, 15) is 9.59 Å². The molecule has 0 saturated carbocycles. The summed E-state index contributed by atoms with van der Waals surface area (Å²) >= 11 is 0. The van der Waals surface area contributed by atoms with Gasteiger partial charge in [-0.2, -0.15) is 0 Å². The molecule has 0 aromatic carbocycles. The molecule has 2 aliphatic rings.